The first kappa shape index (κ1) is 21.5. The number of urea groups is 1. The van der Waals surface area contributed by atoms with E-state index in [4.69, 9.17) is 23.2 Å². The lowest BCUT2D eigenvalue weighted by atomic mass is 10.00. The fraction of sp³-hybridized carbons (Fsp3) is 0.136. The summed E-state index contributed by atoms with van der Waals surface area (Å²) in [6.07, 6.45) is 0. The van der Waals surface area contributed by atoms with Gasteiger partial charge in [0.1, 0.15) is 0 Å². The van der Waals surface area contributed by atoms with Gasteiger partial charge in [-0.15, -0.1) is 0 Å². The van der Waals surface area contributed by atoms with Gasteiger partial charge in [-0.05, 0) is 55.8 Å². The zero-order valence-electron chi connectivity index (χ0n) is 15.9. The Labute approximate surface area is 188 Å². The number of nitrogens with one attached hydrogen (secondary N) is 3. The Hall–Kier alpha value is -2.21. The maximum Gasteiger partial charge on any atom is 0.319 e. The lowest BCUT2D eigenvalue weighted by molar-refractivity contribution is 0.252. The molecule has 29 heavy (non-hydrogen) atoms. The first-order valence-corrected chi connectivity index (χ1v) is 10.6. The van der Waals surface area contributed by atoms with Crippen molar-refractivity contribution in [2.45, 2.75) is 13.8 Å². The molecule has 0 heterocycles. The highest BCUT2D eigenvalue weighted by molar-refractivity contribution is 9.10. The van der Waals surface area contributed by atoms with E-state index < -0.39 is 0 Å². The smallest absolute Gasteiger partial charge is 0.319 e. The molecule has 0 saturated heterocycles. The second-order valence-corrected chi connectivity index (χ2v) is 8.16. The molecule has 150 valence electrons. The molecule has 0 atom stereocenters. The molecular weight excluding hydrogens is 473 g/mol. The summed E-state index contributed by atoms with van der Waals surface area (Å²) in [6.45, 7) is 4.41. The van der Waals surface area contributed by atoms with E-state index in [2.05, 4.69) is 31.9 Å². The zero-order chi connectivity index (χ0) is 21.0. The van der Waals surface area contributed by atoms with Crippen LogP contribution in [0.1, 0.15) is 12.5 Å². The third-order valence-corrected chi connectivity index (χ3v) is 5.43. The van der Waals surface area contributed by atoms with Gasteiger partial charge in [0.2, 0.25) is 0 Å². The highest BCUT2D eigenvalue weighted by Gasteiger charge is 2.12. The largest absolute Gasteiger partial charge is 0.354 e. The molecule has 2 amide bonds. The first-order chi connectivity index (χ1) is 13.9. The number of amides is 2. The Morgan fingerprint density at radius 1 is 1.00 bits per heavy atom. The van der Waals surface area contributed by atoms with Gasteiger partial charge in [-0.3, -0.25) is 0 Å². The van der Waals surface area contributed by atoms with Gasteiger partial charge in [-0.1, -0.05) is 57.3 Å². The SMILES string of the molecule is CCNC(=O)Nc1cc(Br)ccc1Nc1ccc(-c2c(C)cccc2Cl)c(Cl)c1. The number of aryl methyl sites for hydroxylation is 1. The summed E-state index contributed by atoms with van der Waals surface area (Å²) >= 11 is 16.4. The average molecular weight is 493 g/mol. The molecular formula is C22H20BrCl2N3O. The van der Waals surface area contributed by atoms with Crippen LogP contribution in [-0.2, 0) is 0 Å². The lowest BCUT2D eigenvalue weighted by Gasteiger charge is -2.16. The summed E-state index contributed by atoms with van der Waals surface area (Å²) in [5.74, 6) is 0. The minimum Gasteiger partial charge on any atom is -0.354 e. The monoisotopic (exact) mass is 491 g/mol. The topological polar surface area (TPSA) is 53.2 Å². The Balaban J connectivity index is 1.90. The van der Waals surface area contributed by atoms with Crippen LogP contribution in [0.4, 0.5) is 21.9 Å². The first-order valence-electron chi connectivity index (χ1n) is 9.05. The van der Waals surface area contributed by atoms with E-state index in [0.29, 0.717) is 22.3 Å². The van der Waals surface area contributed by atoms with Crippen molar-refractivity contribution >= 4 is 62.2 Å². The molecule has 3 N–H and O–H groups in total. The summed E-state index contributed by atoms with van der Waals surface area (Å²) < 4.78 is 0.859. The van der Waals surface area contributed by atoms with Crippen molar-refractivity contribution in [3.8, 4) is 11.1 Å². The Kier molecular flexibility index (Phi) is 7.06. The van der Waals surface area contributed by atoms with Crippen LogP contribution in [0.2, 0.25) is 10.0 Å². The zero-order valence-corrected chi connectivity index (χ0v) is 19.0. The van der Waals surface area contributed by atoms with Crippen molar-refractivity contribution in [3.63, 3.8) is 0 Å². The second-order valence-electron chi connectivity index (χ2n) is 6.43. The molecule has 0 saturated carbocycles. The van der Waals surface area contributed by atoms with Crippen LogP contribution in [0.15, 0.2) is 59.1 Å². The van der Waals surface area contributed by atoms with Crippen LogP contribution in [0, 0.1) is 6.92 Å². The molecule has 0 aliphatic heterocycles. The summed E-state index contributed by atoms with van der Waals surface area (Å²) in [6, 6.07) is 16.8. The van der Waals surface area contributed by atoms with Gasteiger partial charge < -0.3 is 16.0 Å². The van der Waals surface area contributed by atoms with E-state index in [9.17, 15) is 4.79 Å². The van der Waals surface area contributed by atoms with Gasteiger partial charge in [0, 0.05) is 32.9 Å². The minimum absolute atomic E-state index is 0.267. The van der Waals surface area contributed by atoms with Crippen LogP contribution in [-0.4, -0.2) is 12.6 Å². The third kappa shape index (κ3) is 5.24. The van der Waals surface area contributed by atoms with Crippen molar-refractivity contribution < 1.29 is 4.79 Å². The van der Waals surface area contributed by atoms with Gasteiger partial charge in [-0.25, -0.2) is 4.79 Å². The average Bonchev–Trinajstić information content (AvgIpc) is 2.65. The van der Waals surface area contributed by atoms with E-state index in [-0.39, 0.29) is 6.03 Å². The summed E-state index contributed by atoms with van der Waals surface area (Å²) in [4.78, 5) is 11.9. The van der Waals surface area contributed by atoms with Crippen LogP contribution in [0.3, 0.4) is 0 Å². The van der Waals surface area contributed by atoms with Gasteiger partial charge in [0.15, 0.2) is 0 Å². The van der Waals surface area contributed by atoms with E-state index in [0.717, 1.165) is 32.5 Å². The van der Waals surface area contributed by atoms with Crippen molar-refractivity contribution in [2.24, 2.45) is 0 Å². The summed E-state index contributed by atoms with van der Waals surface area (Å²) in [5.41, 5.74) is 5.04. The van der Waals surface area contributed by atoms with Crippen LogP contribution in [0.25, 0.3) is 11.1 Å². The standard InChI is InChI=1S/C22H20BrCl2N3O/c1-3-26-22(29)28-20-11-14(23)7-10-19(20)27-15-8-9-16(18(25)12-15)21-13(2)5-4-6-17(21)24/h4-12,27H,3H2,1-2H3,(H2,26,28,29). The van der Waals surface area contributed by atoms with Crippen molar-refractivity contribution in [3.05, 3.63) is 74.7 Å². The molecule has 4 nitrogen and oxygen atoms in total. The molecule has 7 heteroatoms. The highest BCUT2D eigenvalue weighted by atomic mass is 79.9. The Bertz CT molecular complexity index is 1040. The molecule has 0 bridgehead atoms. The van der Waals surface area contributed by atoms with E-state index >= 15 is 0 Å². The molecule has 0 spiro atoms. The van der Waals surface area contributed by atoms with Crippen molar-refractivity contribution in [1.29, 1.82) is 0 Å². The number of carbonyl (C=O) groups excluding carboxylic acids is 1. The number of carbonyl (C=O) groups is 1. The number of benzene rings is 3. The third-order valence-electron chi connectivity index (χ3n) is 4.31. The molecule has 3 aromatic rings. The van der Waals surface area contributed by atoms with Crippen LogP contribution >= 0.6 is 39.1 Å². The normalized spacial score (nSPS) is 10.5. The van der Waals surface area contributed by atoms with E-state index in [1.54, 1.807) is 0 Å². The number of anilines is 3. The van der Waals surface area contributed by atoms with Gasteiger partial charge >= 0.3 is 6.03 Å². The molecule has 0 unspecified atom stereocenters. The van der Waals surface area contributed by atoms with Crippen LogP contribution < -0.4 is 16.0 Å². The summed E-state index contributed by atoms with van der Waals surface area (Å²) in [5, 5.41) is 10.1. The van der Waals surface area contributed by atoms with Gasteiger partial charge in [-0.2, -0.15) is 0 Å². The highest BCUT2D eigenvalue weighted by Crippen LogP contribution is 2.38. The number of halogens is 3. The van der Waals surface area contributed by atoms with Gasteiger partial charge in [0.25, 0.3) is 0 Å². The number of rotatable bonds is 5. The minimum atomic E-state index is -0.267. The Morgan fingerprint density at radius 2 is 1.79 bits per heavy atom. The lowest BCUT2D eigenvalue weighted by Crippen LogP contribution is -2.28. The molecule has 0 aliphatic carbocycles. The summed E-state index contributed by atoms with van der Waals surface area (Å²) in [7, 11) is 0. The predicted molar refractivity (Wildman–Crippen MR) is 127 cm³/mol. The van der Waals surface area contributed by atoms with E-state index in [1.807, 2.05) is 68.4 Å². The molecule has 0 aliphatic rings. The molecule has 0 radical (unpaired) electrons. The Morgan fingerprint density at radius 3 is 2.48 bits per heavy atom. The fourth-order valence-electron chi connectivity index (χ4n) is 2.98. The maximum atomic E-state index is 11.9. The van der Waals surface area contributed by atoms with Crippen LogP contribution in [0.5, 0.6) is 0 Å². The number of hydrogen-bond acceptors (Lipinski definition) is 2. The second kappa shape index (κ2) is 9.53. The molecule has 3 aromatic carbocycles. The fourth-order valence-corrected chi connectivity index (χ4v) is 3.94. The molecule has 0 fully saturated rings. The van der Waals surface area contributed by atoms with E-state index in [1.165, 1.54) is 0 Å². The number of hydrogen-bond donors (Lipinski definition) is 3. The molecule has 0 aromatic heterocycles. The molecule has 3 rings (SSSR count). The maximum absolute atomic E-state index is 11.9. The predicted octanol–water partition coefficient (Wildman–Crippen LogP) is 7.62. The van der Waals surface area contributed by atoms with Crippen molar-refractivity contribution in [1.82, 2.24) is 5.32 Å². The van der Waals surface area contributed by atoms with Gasteiger partial charge in [0.05, 0.1) is 16.4 Å². The quantitative estimate of drug-likeness (QED) is 0.343. The van der Waals surface area contributed by atoms with Crippen molar-refractivity contribution in [2.75, 3.05) is 17.2 Å².